The molecule has 9 nitrogen and oxygen atoms in total. The van der Waals surface area contributed by atoms with E-state index in [4.69, 9.17) is 14.2 Å². The number of hydrogen-bond acceptors (Lipinski definition) is 9. The number of piperidine rings is 1. The normalized spacial score (nSPS) is 16.6. The molecule has 2 fully saturated rings. The van der Waals surface area contributed by atoms with Gasteiger partial charge in [-0.3, -0.25) is 4.90 Å². The molecule has 2 aliphatic heterocycles. The van der Waals surface area contributed by atoms with Crippen LogP contribution >= 0.6 is 0 Å². The van der Waals surface area contributed by atoms with Crippen molar-refractivity contribution in [2.45, 2.75) is 18.9 Å². The Hall–Kier alpha value is -4.07. The van der Waals surface area contributed by atoms with Crippen molar-refractivity contribution < 1.29 is 18.6 Å². The van der Waals surface area contributed by atoms with Crippen LogP contribution in [0.3, 0.4) is 0 Å². The second kappa shape index (κ2) is 13.1. The number of benzene rings is 2. The number of piperazine rings is 1. The van der Waals surface area contributed by atoms with E-state index in [2.05, 4.69) is 54.9 Å². The van der Waals surface area contributed by atoms with Gasteiger partial charge in [-0.05, 0) is 38.1 Å². The lowest BCUT2D eigenvalue weighted by Gasteiger charge is -2.42. The molecule has 0 radical (unpaired) electrons. The first-order valence-corrected chi connectivity index (χ1v) is 13.9. The summed E-state index contributed by atoms with van der Waals surface area (Å²) in [5, 5.41) is 3.23. The molecule has 2 aliphatic rings. The monoisotopic (exact) mass is 560 g/mol. The zero-order valence-corrected chi connectivity index (χ0v) is 24.1. The maximum absolute atomic E-state index is 14.6. The molecule has 41 heavy (non-hydrogen) atoms. The molecule has 2 aromatic carbocycles. The number of ether oxygens (including phenoxy) is 3. The van der Waals surface area contributed by atoms with Gasteiger partial charge in [-0.25, -0.2) is 14.4 Å². The van der Waals surface area contributed by atoms with Gasteiger partial charge in [0.2, 0.25) is 5.95 Å². The average molecular weight is 561 g/mol. The standard InChI is InChI=1S/C31H37FN6O3/c1-36-13-15-37(16-14-36)25-9-11-38(12-10-25)27-8-7-24(18-28(27)40-3)35-31-33-20-22(21-34-31)5-6-23-17-26(39-2)19-29(41-4)30(23)32/h7-8,17-21,25H,9-16H2,1-4H3,(H,33,34,35). The van der Waals surface area contributed by atoms with Gasteiger partial charge in [0.25, 0.3) is 0 Å². The highest BCUT2D eigenvalue weighted by Gasteiger charge is 2.27. The van der Waals surface area contributed by atoms with Crippen molar-refractivity contribution in [3.05, 3.63) is 59.7 Å². The minimum atomic E-state index is -0.545. The quantitative estimate of drug-likeness (QED) is 0.432. The summed E-state index contributed by atoms with van der Waals surface area (Å²) in [6, 6.07) is 9.73. The van der Waals surface area contributed by atoms with E-state index < -0.39 is 5.82 Å². The third-order valence-electron chi connectivity index (χ3n) is 7.76. The smallest absolute Gasteiger partial charge is 0.227 e. The van der Waals surface area contributed by atoms with Crippen LogP contribution in [-0.2, 0) is 0 Å². The van der Waals surface area contributed by atoms with Crippen molar-refractivity contribution in [3.63, 3.8) is 0 Å². The van der Waals surface area contributed by atoms with E-state index in [1.807, 2.05) is 12.1 Å². The van der Waals surface area contributed by atoms with Gasteiger partial charge in [0.1, 0.15) is 11.5 Å². The van der Waals surface area contributed by atoms with Crippen LogP contribution in [0.15, 0.2) is 42.7 Å². The van der Waals surface area contributed by atoms with E-state index in [0.29, 0.717) is 23.3 Å². The van der Waals surface area contributed by atoms with Crippen LogP contribution in [0.2, 0.25) is 0 Å². The number of anilines is 3. The van der Waals surface area contributed by atoms with Crippen molar-refractivity contribution >= 4 is 17.3 Å². The highest BCUT2D eigenvalue weighted by molar-refractivity contribution is 5.67. The molecule has 0 atom stereocenters. The van der Waals surface area contributed by atoms with Crippen LogP contribution in [0, 0.1) is 17.7 Å². The molecule has 0 bridgehead atoms. The van der Waals surface area contributed by atoms with Crippen LogP contribution < -0.4 is 24.4 Å². The van der Waals surface area contributed by atoms with Crippen LogP contribution in [0.25, 0.3) is 0 Å². The Bertz CT molecular complexity index is 1390. The van der Waals surface area contributed by atoms with Gasteiger partial charge in [0.05, 0.1) is 38.1 Å². The number of methoxy groups -OCH3 is 3. The molecular formula is C31H37FN6O3. The first-order valence-electron chi connectivity index (χ1n) is 13.9. The molecule has 216 valence electrons. The van der Waals surface area contributed by atoms with Crippen molar-refractivity contribution in [3.8, 4) is 29.1 Å². The SMILES string of the molecule is COc1cc(C#Cc2cnc(Nc3ccc(N4CCC(N5CCN(C)CC5)CC4)c(OC)c3)nc2)c(F)c(OC)c1. The fourth-order valence-electron chi connectivity index (χ4n) is 5.33. The number of nitrogens with one attached hydrogen (secondary N) is 1. The lowest BCUT2D eigenvalue weighted by atomic mass is 10.0. The van der Waals surface area contributed by atoms with E-state index in [0.717, 1.165) is 69.2 Å². The maximum atomic E-state index is 14.6. The largest absolute Gasteiger partial charge is 0.497 e. The Morgan fingerprint density at radius 3 is 2.22 bits per heavy atom. The van der Waals surface area contributed by atoms with Gasteiger partial charge >= 0.3 is 0 Å². The molecule has 1 aromatic heterocycles. The Balaban J connectivity index is 1.21. The van der Waals surface area contributed by atoms with Gasteiger partial charge in [-0.1, -0.05) is 11.8 Å². The minimum absolute atomic E-state index is 0.0704. The minimum Gasteiger partial charge on any atom is -0.497 e. The van der Waals surface area contributed by atoms with Crippen LogP contribution in [-0.4, -0.2) is 93.5 Å². The van der Waals surface area contributed by atoms with Gasteiger partial charge in [0, 0.05) is 75.5 Å². The molecule has 0 unspecified atom stereocenters. The molecular weight excluding hydrogens is 523 g/mol. The second-order valence-corrected chi connectivity index (χ2v) is 10.3. The molecule has 3 aromatic rings. The first kappa shape index (κ1) is 28.5. The topological polar surface area (TPSA) is 75.2 Å². The number of likely N-dealkylation sites (N-methyl/N-ethyl adjacent to an activating group) is 1. The van der Waals surface area contributed by atoms with Gasteiger partial charge in [-0.2, -0.15) is 0 Å². The second-order valence-electron chi connectivity index (χ2n) is 10.3. The van der Waals surface area contributed by atoms with Gasteiger partial charge < -0.3 is 29.3 Å². The van der Waals surface area contributed by atoms with Gasteiger partial charge in [0.15, 0.2) is 11.6 Å². The fraction of sp³-hybridized carbons (Fsp3) is 0.419. The Kier molecular flexibility index (Phi) is 9.07. The van der Waals surface area contributed by atoms with E-state index in [1.54, 1.807) is 19.5 Å². The van der Waals surface area contributed by atoms with Crippen LogP contribution in [0.5, 0.6) is 17.2 Å². The maximum Gasteiger partial charge on any atom is 0.227 e. The van der Waals surface area contributed by atoms with Crippen molar-refractivity contribution in [2.75, 3.05) is 77.9 Å². The summed E-state index contributed by atoms with van der Waals surface area (Å²) in [6.07, 6.45) is 5.50. The Morgan fingerprint density at radius 2 is 1.56 bits per heavy atom. The number of nitrogens with zero attached hydrogens (tertiary/aromatic N) is 5. The Morgan fingerprint density at radius 1 is 0.854 bits per heavy atom. The van der Waals surface area contributed by atoms with E-state index in [1.165, 1.54) is 26.4 Å². The molecule has 1 N–H and O–H groups in total. The predicted octanol–water partition coefficient (Wildman–Crippen LogP) is 4.00. The van der Waals surface area contributed by atoms with Crippen molar-refractivity contribution in [1.29, 1.82) is 0 Å². The molecule has 5 rings (SSSR count). The lowest BCUT2D eigenvalue weighted by molar-refractivity contribution is 0.0981. The lowest BCUT2D eigenvalue weighted by Crippen LogP contribution is -2.52. The zero-order valence-electron chi connectivity index (χ0n) is 24.1. The van der Waals surface area contributed by atoms with Crippen molar-refractivity contribution in [2.24, 2.45) is 0 Å². The molecule has 10 heteroatoms. The summed E-state index contributed by atoms with van der Waals surface area (Å²) in [5.74, 6) is 6.93. The summed E-state index contributed by atoms with van der Waals surface area (Å²) in [5.41, 5.74) is 2.63. The predicted molar refractivity (Wildman–Crippen MR) is 158 cm³/mol. The Labute approximate surface area is 241 Å². The molecule has 2 saturated heterocycles. The average Bonchev–Trinajstić information content (AvgIpc) is 3.01. The molecule has 0 aliphatic carbocycles. The number of rotatable bonds is 7. The highest BCUT2D eigenvalue weighted by atomic mass is 19.1. The van der Waals surface area contributed by atoms with Crippen molar-refractivity contribution in [1.82, 2.24) is 19.8 Å². The number of hydrogen-bond donors (Lipinski definition) is 1. The van der Waals surface area contributed by atoms with Gasteiger partial charge in [-0.15, -0.1) is 0 Å². The molecule has 0 amide bonds. The van der Waals surface area contributed by atoms with Crippen LogP contribution in [0.1, 0.15) is 24.0 Å². The number of halogens is 1. The zero-order chi connectivity index (χ0) is 28.8. The third kappa shape index (κ3) is 6.81. The highest BCUT2D eigenvalue weighted by Crippen LogP contribution is 2.34. The summed E-state index contributed by atoms with van der Waals surface area (Å²) >= 11 is 0. The summed E-state index contributed by atoms with van der Waals surface area (Å²) < 4.78 is 30.6. The van der Waals surface area contributed by atoms with Crippen LogP contribution in [0.4, 0.5) is 21.7 Å². The fourth-order valence-corrected chi connectivity index (χ4v) is 5.33. The number of aromatic nitrogens is 2. The summed E-state index contributed by atoms with van der Waals surface area (Å²) in [6.45, 7) is 6.66. The molecule has 0 spiro atoms. The first-order chi connectivity index (χ1) is 20.0. The molecule has 0 saturated carbocycles. The summed E-state index contributed by atoms with van der Waals surface area (Å²) in [4.78, 5) is 16.2. The third-order valence-corrected chi connectivity index (χ3v) is 7.76. The summed E-state index contributed by atoms with van der Waals surface area (Å²) in [7, 11) is 6.80. The molecule has 3 heterocycles. The van der Waals surface area contributed by atoms with E-state index in [-0.39, 0.29) is 11.3 Å². The van der Waals surface area contributed by atoms with E-state index >= 15 is 0 Å². The van der Waals surface area contributed by atoms with E-state index in [9.17, 15) is 4.39 Å².